The molecule has 2 heterocycles. The first-order valence-corrected chi connectivity index (χ1v) is 8.19. The van der Waals surface area contributed by atoms with Gasteiger partial charge in [0.2, 0.25) is 0 Å². The molecule has 1 aromatic rings. The second-order valence-electron chi connectivity index (χ2n) is 6.88. The van der Waals surface area contributed by atoms with E-state index in [1.54, 1.807) is 5.56 Å². The van der Waals surface area contributed by atoms with Crippen molar-refractivity contribution in [2.45, 2.75) is 58.0 Å². The first-order valence-electron chi connectivity index (χ1n) is 8.19. The average Bonchev–Trinajstić information content (AvgIpc) is 2.58. The molecule has 2 heteroatoms. The highest BCUT2D eigenvalue weighted by Gasteiger charge is 2.37. The van der Waals surface area contributed by atoms with Crippen molar-refractivity contribution in [3.63, 3.8) is 0 Å². The van der Waals surface area contributed by atoms with Gasteiger partial charge < -0.3 is 10.2 Å². The molecule has 3 rings (SSSR count). The number of hydrogen-bond acceptors (Lipinski definition) is 2. The summed E-state index contributed by atoms with van der Waals surface area (Å²) < 4.78 is 0. The summed E-state index contributed by atoms with van der Waals surface area (Å²) >= 11 is 0. The van der Waals surface area contributed by atoms with E-state index in [9.17, 15) is 0 Å². The minimum atomic E-state index is 0.373. The summed E-state index contributed by atoms with van der Waals surface area (Å²) in [5.74, 6) is 0.674. The Hall–Kier alpha value is -0.860. The smallest absolute Gasteiger partial charge is 0.0214 e. The molecule has 2 aliphatic rings. The van der Waals surface area contributed by atoms with Crippen LogP contribution in [0.15, 0.2) is 18.2 Å². The Labute approximate surface area is 123 Å². The van der Waals surface area contributed by atoms with Gasteiger partial charge in [-0.25, -0.2) is 0 Å². The number of nitrogens with one attached hydrogen (secondary N) is 1. The Kier molecular flexibility index (Phi) is 3.87. The number of piperidine rings is 1. The van der Waals surface area contributed by atoms with Crippen LogP contribution in [-0.2, 0) is 6.54 Å². The van der Waals surface area contributed by atoms with Crippen LogP contribution < -0.4 is 5.32 Å². The minimum absolute atomic E-state index is 0.373. The highest BCUT2D eigenvalue weighted by atomic mass is 15.1. The maximum Gasteiger partial charge on any atom is 0.0214 e. The molecule has 2 nitrogen and oxygen atoms in total. The van der Waals surface area contributed by atoms with Crippen molar-refractivity contribution in [3.05, 3.63) is 34.9 Å². The molecule has 20 heavy (non-hydrogen) atoms. The normalized spacial score (nSPS) is 26.2. The molecule has 0 amide bonds. The van der Waals surface area contributed by atoms with Gasteiger partial charge in [-0.2, -0.15) is 0 Å². The van der Waals surface area contributed by atoms with Crippen LogP contribution in [0.4, 0.5) is 0 Å². The number of aryl methyl sites for hydroxylation is 1. The molecule has 1 spiro atoms. The van der Waals surface area contributed by atoms with Gasteiger partial charge >= 0.3 is 0 Å². The van der Waals surface area contributed by atoms with E-state index < -0.39 is 0 Å². The SMILES string of the molecule is CCN1CCC2(CC1)CC(C)c1cc(C)ccc1CN2. The Balaban J connectivity index is 1.80. The van der Waals surface area contributed by atoms with Crippen molar-refractivity contribution in [2.75, 3.05) is 19.6 Å². The van der Waals surface area contributed by atoms with Crippen LogP contribution in [0.1, 0.15) is 55.7 Å². The van der Waals surface area contributed by atoms with Crippen LogP contribution in [-0.4, -0.2) is 30.1 Å². The fraction of sp³-hybridized carbons (Fsp3) is 0.667. The molecule has 2 aliphatic heterocycles. The zero-order valence-electron chi connectivity index (χ0n) is 13.2. The van der Waals surface area contributed by atoms with Crippen LogP contribution in [0, 0.1) is 6.92 Å². The molecule has 0 bridgehead atoms. The van der Waals surface area contributed by atoms with Gasteiger partial charge in [0.1, 0.15) is 0 Å². The number of rotatable bonds is 1. The molecular formula is C18H28N2. The largest absolute Gasteiger partial charge is 0.307 e. The van der Waals surface area contributed by atoms with Crippen LogP contribution >= 0.6 is 0 Å². The van der Waals surface area contributed by atoms with Gasteiger partial charge in [-0.15, -0.1) is 0 Å². The van der Waals surface area contributed by atoms with E-state index >= 15 is 0 Å². The summed E-state index contributed by atoms with van der Waals surface area (Å²) in [5, 5.41) is 3.92. The standard InChI is InChI=1S/C18H28N2/c1-4-20-9-7-18(8-10-20)12-15(3)17-11-14(2)5-6-16(17)13-19-18/h5-6,11,15,19H,4,7-10,12-13H2,1-3H3. The number of likely N-dealkylation sites (tertiary alicyclic amines) is 1. The minimum Gasteiger partial charge on any atom is -0.307 e. The molecule has 0 saturated carbocycles. The van der Waals surface area contributed by atoms with E-state index in [0.717, 1.165) is 6.54 Å². The van der Waals surface area contributed by atoms with E-state index in [-0.39, 0.29) is 0 Å². The molecule has 1 unspecified atom stereocenters. The summed E-state index contributed by atoms with van der Waals surface area (Å²) in [6, 6.07) is 6.99. The molecule has 1 saturated heterocycles. The zero-order chi connectivity index (χ0) is 14.2. The van der Waals surface area contributed by atoms with Crippen molar-refractivity contribution in [1.29, 1.82) is 0 Å². The molecule has 1 fully saturated rings. The second-order valence-corrected chi connectivity index (χ2v) is 6.88. The van der Waals surface area contributed by atoms with Gasteiger partial charge in [0.15, 0.2) is 0 Å². The van der Waals surface area contributed by atoms with Gasteiger partial charge in [0.05, 0.1) is 0 Å². The molecule has 110 valence electrons. The van der Waals surface area contributed by atoms with Crippen molar-refractivity contribution in [2.24, 2.45) is 0 Å². The van der Waals surface area contributed by atoms with Gasteiger partial charge in [-0.1, -0.05) is 37.6 Å². The molecular weight excluding hydrogens is 244 g/mol. The van der Waals surface area contributed by atoms with Gasteiger partial charge in [0.25, 0.3) is 0 Å². The van der Waals surface area contributed by atoms with Crippen LogP contribution in [0.5, 0.6) is 0 Å². The van der Waals surface area contributed by atoms with E-state index in [2.05, 4.69) is 49.2 Å². The Morgan fingerprint density at radius 1 is 1.30 bits per heavy atom. The highest BCUT2D eigenvalue weighted by molar-refractivity contribution is 5.35. The summed E-state index contributed by atoms with van der Waals surface area (Å²) in [6.07, 6.45) is 3.90. The molecule has 1 atom stereocenters. The Morgan fingerprint density at radius 3 is 2.75 bits per heavy atom. The monoisotopic (exact) mass is 272 g/mol. The molecule has 0 aromatic heterocycles. The van der Waals surface area contributed by atoms with Gasteiger partial charge in [-0.3, -0.25) is 0 Å². The van der Waals surface area contributed by atoms with Crippen molar-refractivity contribution >= 4 is 0 Å². The predicted molar refractivity (Wildman–Crippen MR) is 85.1 cm³/mol. The highest BCUT2D eigenvalue weighted by Crippen LogP contribution is 2.37. The average molecular weight is 272 g/mol. The number of nitrogens with zero attached hydrogens (tertiary/aromatic N) is 1. The summed E-state index contributed by atoms with van der Waals surface area (Å²) in [6.45, 7) is 11.7. The second kappa shape index (κ2) is 5.50. The van der Waals surface area contributed by atoms with Crippen LogP contribution in [0.3, 0.4) is 0 Å². The Bertz CT molecular complexity index is 472. The lowest BCUT2D eigenvalue weighted by molar-refractivity contribution is 0.128. The third-order valence-corrected chi connectivity index (χ3v) is 5.44. The lowest BCUT2D eigenvalue weighted by Gasteiger charge is -2.42. The van der Waals surface area contributed by atoms with E-state index in [1.165, 1.54) is 50.0 Å². The maximum atomic E-state index is 3.92. The topological polar surface area (TPSA) is 15.3 Å². The number of hydrogen-bond donors (Lipinski definition) is 1. The molecule has 1 aromatic carbocycles. The fourth-order valence-electron chi connectivity index (χ4n) is 4.06. The Morgan fingerprint density at radius 2 is 2.05 bits per heavy atom. The third kappa shape index (κ3) is 2.64. The molecule has 0 radical (unpaired) electrons. The quantitative estimate of drug-likeness (QED) is 0.842. The maximum absolute atomic E-state index is 3.92. The van der Waals surface area contributed by atoms with Crippen molar-refractivity contribution in [1.82, 2.24) is 10.2 Å². The van der Waals surface area contributed by atoms with E-state index in [1.807, 2.05) is 0 Å². The van der Waals surface area contributed by atoms with E-state index in [0.29, 0.717) is 11.5 Å². The first-order chi connectivity index (χ1) is 9.62. The van der Waals surface area contributed by atoms with Crippen LogP contribution in [0.25, 0.3) is 0 Å². The summed E-state index contributed by atoms with van der Waals surface area (Å²) in [4.78, 5) is 2.58. The molecule has 0 aliphatic carbocycles. The first kappa shape index (κ1) is 14.1. The summed E-state index contributed by atoms with van der Waals surface area (Å²) in [5.41, 5.74) is 4.86. The summed E-state index contributed by atoms with van der Waals surface area (Å²) in [7, 11) is 0. The zero-order valence-corrected chi connectivity index (χ0v) is 13.2. The van der Waals surface area contributed by atoms with Crippen LogP contribution in [0.2, 0.25) is 0 Å². The van der Waals surface area contributed by atoms with Crippen molar-refractivity contribution in [3.8, 4) is 0 Å². The lowest BCUT2D eigenvalue weighted by atomic mass is 9.79. The number of benzene rings is 1. The van der Waals surface area contributed by atoms with E-state index in [4.69, 9.17) is 0 Å². The molecule has 1 N–H and O–H groups in total. The van der Waals surface area contributed by atoms with Gasteiger partial charge in [0, 0.05) is 12.1 Å². The predicted octanol–water partition coefficient (Wildman–Crippen LogP) is 3.45. The number of fused-ring (bicyclic) bond motifs is 1. The van der Waals surface area contributed by atoms with Gasteiger partial charge in [-0.05, 0) is 62.9 Å². The fourth-order valence-corrected chi connectivity index (χ4v) is 4.06. The lowest BCUT2D eigenvalue weighted by Crippen LogP contribution is -2.52. The third-order valence-electron chi connectivity index (χ3n) is 5.44. The van der Waals surface area contributed by atoms with Crippen molar-refractivity contribution < 1.29 is 0 Å².